The number of nitrogens with zero attached hydrogens (tertiary/aromatic N) is 8. The molecule has 1 atom stereocenters. The normalized spacial score (nSPS) is 17.6. The lowest BCUT2D eigenvalue weighted by atomic mass is 10.2. The molecule has 0 aliphatic carbocycles. The smallest absolute Gasteiger partial charge is 0.245 e. The molecule has 0 saturated carbocycles. The van der Waals surface area contributed by atoms with E-state index in [1.165, 1.54) is 0 Å². The zero-order chi connectivity index (χ0) is 19.0. The fraction of sp³-hybridized carbons (Fsp3) is 0.500. The standard InChI is InChI=1S/C18H24N8O/c1-12-10-19-13(2)17-20-15(22-26(12)17)7-8-16-21-18(23-24(16)3)25-9-5-6-14(25)11-27-4/h7-8,10,14H,5-6,9,11H2,1-4H3. The van der Waals surface area contributed by atoms with Crippen LogP contribution in [0.4, 0.5) is 5.95 Å². The van der Waals surface area contributed by atoms with Crippen LogP contribution < -0.4 is 4.90 Å². The summed E-state index contributed by atoms with van der Waals surface area (Å²) in [6.45, 7) is 5.55. The first-order valence-electron chi connectivity index (χ1n) is 9.10. The second-order valence-corrected chi connectivity index (χ2v) is 6.86. The third-order valence-corrected chi connectivity index (χ3v) is 4.89. The number of methoxy groups -OCH3 is 1. The van der Waals surface area contributed by atoms with Gasteiger partial charge in [0.2, 0.25) is 5.95 Å². The van der Waals surface area contributed by atoms with Crippen molar-refractivity contribution in [1.29, 1.82) is 0 Å². The summed E-state index contributed by atoms with van der Waals surface area (Å²) >= 11 is 0. The van der Waals surface area contributed by atoms with Crippen LogP contribution in [0.2, 0.25) is 0 Å². The largest absolute Gasteiger partial charge is 0.383 e. The molecule has 27 heavy (non-hydrogen) atoms. The van der Waals surface area contributed by atoms with Gasteiger partial charge >= 0.3 is 0 Å². The zero-order valence-electron chi connectivity index (χ0n) is 16.1. The van der Waals surface area contributed by atoms with E-state index in [4.69, 9.17) is 4.74 Å². The van der Waals surface area contributed by atoms with Gasteiger partial charge in [0, 0.05) is 26.9 Å². The van der Waals surface area contributed by atoms with Crippen LogP contribution in [0.25, 0.3) is 17.8 Å². The van der Waals surface area contributed by atoms with Gasteiger partial charge < -0.3 is 9.64 Å². The van der Waals surface area contributed by atoms with Gasteiger partial charge in [0.25, 0.3) is 0 Å². The molecule has 0 radical (unpaired) electrons. The van der Waals surface area contributed by atoms with Gasteiger partial charge in [-0.25, -0.2) is 14.2 Å². The fourth-order valence-corrected chi connectivity index (χ4v) is 3.44. The van der Waals surface area contributed by atoms with Gasteiger partial charge in [0.15, 0.2) is 17.3 Å². The number of anilines is 1. The summed E-state index contributed by atoms with van der Waals surface area (Å²) in [5, 5.41) is 9.11. The van der Waals surface area contributed by atoms with E-state index in [1.807, 2.05) is 37.6 Å². The predicted octanol–water partition coefficient (Wildman–Crippen LogP) is 1.66. The molecular weight excluding hydrogens is 344 g/mol. The van der Waals surface area contributed by atoms with Crippen molar-refractivity contribution in [1.82, 2.24) is 34.3 Å². The molecule has 1 saturated heterocycles. The Hall–Kier alpha value is -2.81. The first kappa shape index (κ1) is 17.6. The Morgan fingerprint density at radius 3 is 2.85 bits per heavy atom. The van der Waals surface area contributed by atoms with E-state index in [-0.39, 0.29) is 0 Å². The van der Waals surface area contributed by atoms with E-state index < -0.39 is 0 Å². The molecule has 1 fully saturated rings. The molecule has 1 unspecified atom stereocenters. The van der Waals surface area contributed by atoms with Gasteiger partial charge in [0.05, 0.1) is 24.0 Å². The Morgan fingerprint density at radius 1 is 1.22 bits per heavy atom. The lowest BCUT2D eigenvalue weighted by molar-refractivity contribution is 0.180. The molecule has 1 aliphatic heterocycles. The van der Waals surface area contributed by atoms with Crippen molar-refractivity contribution < 1.29 is 4.74 Å². The van der Waals surface area contributed by atoms with Gasteiger partial charge in [0.1, 0.15) is 0 Å². The summed E-state index contributed by atoms with van der Waals surface area (Å²) in [5.74, 6) is 2.13. The Bertz CT molecular complexity index is 950. The highest BCUT2D eigenvalue weighted by Crippen LogP contribution is 2.23. The van der Waals surface area contributed by atoms with Crippen LogP contribution in [0, 0.1) is 13.8 Å². The number of ether oxygens (including phenoxy) is 1. The van der Waals surface area contributed by atoms with Crippen molar-refractivity contribution in [2.24, 2.45) is 7.05 Å². The van der Waals surface area contributed by atoms with Crippen molar-refractivity contribution in [3.8, 4) is 0 Å². The van der Waals surface area contributed by atoms with Gasteiger partial charge in [-0.2, -0.15) is 4.98 Å². The van der Waals surface area contributed by atoms with Crippen LogP contribution in [0.1, 0.15) is 35.9 Å². The zero-order valence-corrected chi connectivity index (χ0v) is 16.1. The monoisotopic (exact) mass is 368 g/mol. The number of aromatic nitrogens is 7. The van der Waals surface area contributed by atoms with E-state index in [0.717, 1.165) is 48.2 Å². The van der Waals surface area contributed by atoms with E-state index in [2.05, 4.69) is 30.0 Å². The molecule has 4 rings (SSSR count). The van der Waals surface area contributed by atoms with Crippen molar-refractivity contribution in [2.45, 2.75) is 32.7 Å². The Labute approximate surface area is 157 Å². The highest BCUT2D eigenvalue weighted by Gasteiger charge is 2.27. The minimum Gasteiger partial charge on any atom is -0.383 e. The fourth-order valence-electron chi connectivity index (χ4n) is 3.44. The number of hydrogen-bond donors (Lipinski definition) is 0. The lowest BCUT2D eigenvalue weighted by Crippen LogP contribution is -2.33. The SMILES string of the molecule is COCC1CCCN1c1nc(C=Cc2nc3c(C)ncc(C)n3n2)n(C)n1. The van der Waals surface area contributed by atoms with E-state index >= 15 is 0 Å². The Balaban J connectivity index is 1.59. The molecule has 3 aromatic heterocycles. The molecule has 0 spiro atoms. The Morgan fingerprint density at radius 2 is 2.07 bits per heavy atom. The van der Waals surface area contributed by atoms with Crippen LogP contribution in [-0.4, -0.2) is 60.6 Å². The average molecular weight is 368 g/mol. The summed E-state index contributed by atoms with van der Waals surface area (Å²) in [6, 6.07) is 0.341. The van der Waals surface area contributed by atoms with Crippen LogP contribution in [-0.2, 0) is 11.8 Å². The molecule has 142 valence electrons. The maximum absolute atomic E-state index is 5.33. The van der Waals surface area contributed by atoms with Crippen molar-refractivity contribution >= 4 is 23.7 Å². The number of fused-ring (bicyclic) bond motifs is 1. The molecule has 0 aromatic carbocycles. The molecule has 9 nitrogen and oxygen atoms in total. The molecular formula is C18H24N8O. The summed E-state index contributed by atoms with van der Waals surface area (Å²) in [7, 11) is 3.63. The number of hydrogen-bond acceptors (Lipinski definition) is 7. The van der Waals surface area contributed by atoms with E-state index in [1.54, 1.807) is 18.0 Å². The van der Waals surface area contributed by atoms with Crippen molar-refractivity contribution in [3.05, 3.63) is 29.2 Å². The first-order valence-corrected chi connectivity index (χ1v) is 9.10. The Kier molecular flexibility index (Phi) is 4.61. The molecule has 3 aromatic rings. The van der Waals surface area contributed by atoms with Crippen LogP contribution in [0.5, 0.6) is 0 Å². The maximum atomic E-state index is 5.33. The number of aryl methyl sites for hydroxylation is 3. The summed E-state index contributed by atoms with van der Waals surface area (Å²) in [6.07, 6.45) is 7.79. The van der Waals surface area contributed by atoms with Crippen molar-refractivity contribution in [3.63, 3.8) is 0 Å². The van der Waals surface area contributed by atoms with Crippen LogP contribution in [0.3, 0.4) is 0 Å². The second kappa shape index (κ2) is 7.07. The van der Waals surface area contributed by atoms with Gasteiger partial charge in [-0.3, -0.25) is 4.98 Å². The quantitative estimate of drug-likeness (QED) is 0.677. The van der Waals surface area contributed by atoms with E-state index in [9.17, 15) is 0 Å². The molecule has 9 heteroatoms. The summed E-state index contributed by atoms with van der Waals surface area (Å²) in [4.78, 5) is 15.8. The van der Waals surface area contributed by atoms with Gasteiger partial charge in [-0.1, -0.05) is 0 Å². The summed E-state index contributed by atoms with van der Waals surface area (Å²) < 4.78 is 8.91. The van der Waals surface area contributed by atoms with Crippen LogP contribution >= 0.6 is 0 Å². The van der Waals surface area contributed by atoms with Gasteiger partial charge in [-0.05, 0) is 38.8 Å². The van der Waals surface area contributed by atoms with E-state index in [0.29, 0.717) is 18.5 Å². The highest BCUT2D eigenvalue weighted by atomic mass is 16.5. The molecule has 0 bridgehead atoms. The second-order valence-electron chi connectivity index (χ2n) is 6.86. The van der Waals surface area contributed by atoms with Crippen LogP contribution in [0.15, 0.2) is 6.20 Å². The highest BCUT2D eigenvalue weighted by molar-refractivity contribution is 5.65. The predicted molar refractivity (Wildman–Crippen MR) is 102 cm³/mol. The van der Waals surface area contributed by atoms with Gasteiger partial charge in [-0.15, -0.1) is 10.2 Å². The molecule has 4 heterocycles. The first-order chi connectivity index (χ1) is 13.1. The minimum absolute atomic E-state index is 0.341. The lowest BCUT2D eigenvalue weighted by Gasteiger charge is -2.22. The topological polar surface area (TPSA) is 86.3 Å². The molecule has 1 aliphatic rings. The minimum atomic E-state index is 0.341. The maximum Gasteiger partial charge on any atom is 0.245 e. The third-order valence-electron chi connectivity index (χ3n) is 4.89. The number of rotatable bonds is 5. The third kappa shape index (κ3) is 3.30. The molecule has 0 N–H and O–H groups in total. The molecule has 0 amide bonds. The van der Waals surface area contributed by atoms with Crippen molar-refractivity contribution in [2.75, 3.05) is 25.2 Å². The average Bonchev–Trinajstić information content (AvgIpc) is 3.35. The summed E-state index contributed by atoms with van der Waals surface area (Å²) in [5.41, 5.74) is 2.57.